The molecule has 0 aliphatic rings. The molecule has 1 atom stereocenters. The van der Waals surface area contributed by atoms with Crippen molar-refractivity contribution in [2.24, 2.45) is 0 Å². The summed E-state index contributed by atoms with van der Waals surface area (Å²) in [6.45, 7) is 2.01. The van der Waals surface area contributed by atoms with Gasteiger partial charge in [0.15, 0.2) is 0 Å². The Bertz CT molecular complexity index is 599. The van der Waals surface area contributed by atoms with Crippen LogP contribution in [0, 0.1) is 6.92 Å². The predicted molar refractivity (Wildman–Crippen MR) is 84.0 cm³/mol. The molecule has 100 valence electrons. The molecule has 1 unspecified atom stereocenters. The maximum absolute atomic E-state index is 10.3. The van der Waals surface area contributed by atoms with Gasteiger partial charge in [-0.15, -0.1) is 0 Å². The van der Waals surface area contributed by atoms with E-state index < -0.39 is 6.10 Å². The van der Waals surface area contributed by atoms with Crippen molar-refractivity contribution in [2.45, 2.75) is 19.4 Å². The molecule has 0 amide bonds. The van der Waals surface area contributed by atoms with Gasteiger partial charge in [-0.3, -0.25) is 0 Å². The summed E-state index contributed by atoms with van der Waals surface area (Å²) < 4.78 is 0.992. The number of halogens is 3. The molecular formula is C15H13BrCl2O. The number of hydrogen-bond donors (Lipinski definition) is 1. The second-order valence-corrected chi connectivity index (χ2v) is 6.16. The monoisotopic (exact) mass is 358 g/mol. The molecule has 4 heteroatoms. The van der Waals surface area contributed by atoms with E-state index >= 15 is 0 Å². The first kappa shape index (κ1) is 14.9. The molecule has 2 rings (SSSR count). The molecule has 1 N–H and O–H groups in total. The highest BCUT2D eigenvalue weighted by Crippen LogP contribution is 2.28. The number of aliphatic hydroxyl groups is 1. The van der Waals surface area contributed by atoms with Gasteiger partial charge in [0.2, 0.25) is 0 Å². The van der Waals surface area contributed by atoms with Crippen LogP contribution in [-0.4, -0.2) is 5.11 Å². The van der Waals surface area contributed by atoms with Crippen LogP contribution in [0.15, 0.2) is 40.9 Å². The van der Waals surface area contributed by atoms with E-state index in [4.69, 9.17) is 23.2 Å². The third-order valence-electron chi connectivity index (χ3n) is 3.01. The third-order valence-corrected chi connectivity index (χ3v) is 4.45. The van der Waals surface area contributed by atoms with Gasteiger partial charge in [0.1, 0.15) is 0 Å². The Balaban J connectivity index is 2.20. The maximum atomic E-state index is 10.3. The molecule has 2 aromatic carbocycles. The topological polar surface area (TPSA) is 20.2 Å². The van der Waals surface area contributed by atoms with E-state index in [1.807, 2.05) is 31.2 Å². The van der Waals surface area contributed by atoms with Crippen molar-refractivity contribution in [3.05, 3.63) is 67.6 Å². The molecule has 19 heavy (non-hydrogen) atoms. The van der Waals surface area contributed by atoms with E-state index in [1.165, 1.54) is 0 Å². The average Bonchev–Trinajstić information content (AvgIpc) is 2.36. The van der Waals surface area contributed by atoms with E-state index in [0.29, 0.717) is 16.5 Å². The minimum Gasteiger partial charge on any atom is -0.388 e. The lowest BCUT2D eigenvalue weighted by Gasteiger charge is -2.13. The van der Waals surface area contributed by atoms with Crippen molar-refractivity contribution < 1.29 is 5.11 Å². The van der Waals surface area contributed by atoms with Crippen LogP contribution in [0.4, 0.5) is 0 Å². The summed E-state index contributed by atoms with van der Waals surface area (Å²) in [6, 6.07) is 11.2. The molecule has 0 saturated carbocycles. The molecule has 0 aromatic heterocycles. The summed E-state index contributed by atoms with van der Waals surface area (Å²) in [4.78, 5) is 0. The number of aliphatic hydroxyl groups excluding tert-OH is 1. The molecule has 1 nitrogen and oxygen atoms in total. The molecule has 0 spiro atoms. The van der Waals surface area contributed by atoms with Crippen LogP contribution < -0.4 is 0 Å². The quantitative estimate of drug-likeness (QED) is 0.784. The highest BCUT2D eigenvalue weighted by atomic mass is 79.9. The number of rotatable bonds is 3. The maximum Gasteiger partial charge on any atom is 0.0831 e. The predicted octanol–water partition coefficient (Wildman–Crippen LogP) is 5.34. The van der Waals surface area contributed by atoms with Crippen molar-refractivity contribution in [3.8, 4) is 0 Å². The third kappa shape index (κ3) is 3.73. The first-order valence-corrected chi connectivity index (χ1v) is 7.40. The van der Waals surface area contributed by atoms with Crippen LogP contribution in [0.2, 0.25) is 10.0 Å². The van der Waals surface area contributed by atoms with Gasteiger partial charge in [0.05, 0.1) is 6.10 Å². The molecule has 0 heterocycles. The Labute approximate surface area is 131 Å². The summed E-state index contributed by atoms with van der Waals surface area (Å²) in [6.07, 6.45) is -0.124. The van der Waals surface area contributed by atoms with Gasteiger partial charge in [-0.05, 0) is 41.8 Å². The zero-order chi connectivity index (χ0) is 14.0. The average molecular weight is 360 g/mol. The zero-order valence-corrected chi connectivity index (χ0v) is 13.4. The van der Waals surface area contributed by atoms with Crippen molar-refractivity contribution in [1.29, 1.82) is 0 Å². The lowest BCUT2D eigenvalue weighted by atomic mass is 10.0. The zero-order valence-electron chi connectivity index (χ0n) is 10.3. The van der Waals surface area contributed by atoms with Crippen LogP contribution in [0.1, 0.15) is 22.8 Å². The van der Waals surface area contributed by atoms with E-state index in [9.17, 15) is 5.11 Å². The Morgan fingerprint density at radius 1 is 1.16 bits per heavy atom. The molecule has 0 saturated heterocycles. The lowest BCUT2D eigenvalue weighted by Crippen LogP contribution is -2.02. The van der Waals surface area contributed by atoms with Crippen LogP contribution in [0.5, 0.6) is 0 Å². The van der Waals surface area contributed by atoms with Gasteiger partial charge in [-0.25, -0.2) is 0 Å². The smallest absolute Gasteiger partial charge is 0.0831 e. The number of benzene rings is 2. The molecule has 0 aliphatic carbocycles. The van der Waals surface area contributed by atoms with E-state index in [1.54, 1.807) is 12.1 Å². The first-order valence-electron chi connectivity index (χ1n) is 5.85. The summed E-state index contributed by atoms with van der Waals surface area (Å²) in [7, 11) is 0. The number of aryl methyl sites for hydroxylation is 1. The normalized spacial score (nSPS) is 12.5. The Hall–Kier alpha value is -0.540. The second kappa shape index (κ2) is 6.27. The highest BCUT2D eigenvalue weighted by molar-refractivity contribution is 9.10. The summed E-state index contributed by atoms with van der Waals surface area (Å²) >= 11 is 15.4. The summed E-state index contributed by atoms with van der Waals surface area (Å²) in [5.74, 6) is 0. The standard InChI is InChI=1S/C15H13BrCl2O/c1-9-2-3-11(6-13(9)16)15(19)7-10-4-5-12(17)8-14(10)18/h2-6,8,15,19H,7H2,1H3. The van der Waals surface area contributed by atoms with Gasteiger partial charge >= 0.3 is 0 Å². The Morgan fingerprint density at radius 2 is 1.89 bits per heavy atom. The van der Waals surface area contributed by atoms with Crippen molar-refractivity contribution in [3.63, 3.8) is 0 Å². The largest absolute Gasteiger partial charge is 0.388 e. The van der Waals surface area contributed by atoms with Crippen LogP contribution in [0.3, 0.4) is 0 Å². The van der Waals surface area contributed by atoms with Gasteiger partial charge in [0.25, 0.3) is 0 Å². The van der Waals surface area contributed by atoms with Gasteiger partial charge in [-0.2, -0.15) is 0 Å². The fourth-order valence-corrected chi connectivity index (χ4v) is 2.71. The summed E-state index contributed by atoms with van der Waals surface area (Å²) in [5, 5.41) is 11.5. The fraction of sp³-hybridized carbons (Fsp3) is 0.200. The number of hydrogen-bond acceptors (Lipinski definition) is 1. The molecular weight excluding hydrogens is 347 g/mol. The van der Waals surface area contributed by atoms with E-state index in [2.05, 4.69) is 15.9 Å². The molecule has 0 radical (unpaired) electrons. The van der Waals surface area contributed by atoms with Crippen molar-refractivity contribution >= 4 is 39.1 Å². The van der Waals surface area contributed by atoms with Crippen molar-refractivity contribution in [2.75, 3.05) is 0 Å². The van der Waals surface area contributed by atoms with Crippen LogP contribution in [-0.2, 0) is 6.42 Å². The highest BCUT2D eigenvalue weighted by Gasteiger charge is 2.12. The Kier molecular flexibility index (Phi) is 4.91. The lowest BCUT2D eigenvalue weighted by molar-refractivity contribution is 0.178. The van der Waals surface area contributed by atoms with E-state index in [0.717, 1.165) is 21.2 Å². The minimum atomic E-state index is -0.587. The minimum absolute atomic E-state index is 0.464. The van der Waals surface area contributed by atoms with Crippen LogP contribution >= 0.6 is 39.1 Å². The Morgan fingerprint density at radius 3 is 2.53 bits per heavy atom. The summed E-state index contributed by atoms with van der Waals surface area (Å²) in [5.41, 5.74) is 2.89. The SMILES string of the molecule is Cc1ccc(C(O)Cc2ccc(Cl)cc2Cl)cc1Br. The molecule has 2 aromatic rings. The van der Waals surface area contributed by atoms with Crippen LogP contribution in [0.25, 0.3) is 0 Å². The van der Waals surface area contributed by atoms with Gasteiger partial charge in [-0.1, -0.05) is 57.3 Å². The molecule has 0 bridgehead atoms. The van der Waals surface area contributed by atoms with E-state index in [-0.39, 0.29) is 0 Å². The fourth-order valence-electron chi connectivity index (χ4n) is 1.83. The first-order chi connectivity index (χ1) is 8.97. The van der Waals surface area contributed by atoms with Gasteiger partial charge < -0.3 is 5.11 Å². The molecule has 0 aliphatic heterocycles. The second-order valence-electron chi connectivity index (χ2n) is 4.46. The van der Waals surface area contributed by atoms with Gasteiger partial charge in [0, 0.05) is 20.9 Å². The molecule has 0 fully saturated rings. The van der Waals surface area contributed by atoms with Crippen molar-refractivity contribution in [1.82, 2.24) is 0 Å².